The molecule has 2 aliphatic heterocycles. The maximum Gasteiger partial charge on any atom is 0.417 e. The molecule has 1 aromatic carbocycles. The summed E-state index contributed by atoms with van der Waals surface area (Å²) in [5, 5.41) is 5.34. The molecule has 0 unspecified atom stereocenters. The number of aromatic nitrogens is 1. The molecule has 0 aliphatic carbocycles. The lowest BCUT2D eigenvalue weighted by molar-refractivity contribution is -0.143. The Balaban J connectivity index is 1.32. The van der Waals surface area contributed by atoms with Gasteiger partial charge in [-0.1, -0.05) is 0 Å². The van der Waals surface area contributed by atoms with Gasteiger partial charge in [0.2, 0.25) is 5.91 Å². The van der Waals surface area contributed by atoms with Crippen molar-refractivity contribution in [3.63, 3.8) is 0 Å². The maximum absolute atomic E-state index is 12.7. The van der Waals surface area contributed by atoms with Gasteiger partial charge in [-0.15, -0.1) is 0 Å². The van der Waals surface area contributed by atoms with Crippen LogP contribution in [-0.2, 0) is 27.0 Å². The summed E-state index contributed by atoms with van der Waals surface area (Å²) in [4.78, 5) is 43.4. The van der Waals surface area contributed by atoms with E-state index in [1.54, 1.807) is 23.1 Å². The minimum atomic E-state index is -4.45. The van der Waals surface area contributed by atoms with E-state index in [4.69, 9.17) is 0 Å². The van der Waals surface area contributed by atoms with Crippen molar-refractivity contribution in [1.82, 2.24) is 9.88 Å². The number of hydrogen-bond donors (Lipinski definition) is 2. The predicted octanol–water partition coefficient (Wildman–Crippen LogP) is 2.27. The number of nitrogens with one attached hydrogen (secondary N) is 2. The van der Waals surface area contributed by atoms with Gasteiger partial charge < -0.3 is 20.4 Å². The minimum absolute atomic E-state index is 0.0601. The van der Waals surface area contributed by atoms with Crippen molar-refractivity contribution in [2.75, 3.05) is 41.7 Å². The van der Waals surface area contributed by atoms with E-state index in [9.17, 15) is 27.6 Å². The number of carbonyl (C=O) groups is 3. The molecule has 0 atom stereocenters. The Kier molecular flexibility index (Phi) is 5.72. The Hall–Kier alpha value is -3.63. The average Bonchev–Trinajstić information content (AvgIpc) is 2.78. The summed E-state index contributed by atoms with van der Waals surface area (Å²) in [6.07, 6.45) is -2.75. The molecule has 0 spiro atoms. The van der Waals surface area contributed by atoms with Crippen molar-refractivity contribution in [2.24, 2.45) is 0 Å². The normalized spacial score (nSPS) is 16.3. The van der Waals surface area contributed by atoms with Crippen LogP contribution in [-0.4, -0.2) is 53.8 Å². The Bertz CT molecular complexity index is 1050. The number of carbonyl (C=O) groups excluding carboxylic acids is 3. The van der Waals surface area contributed by atoms with Crippen molar-refractivity contribution in [3.05, 3.63) is 47.7 Å². The first kappa shape index (κ1) is 21.6. The number of nitrogens with zero attached hydrogens (tertiary/aromatic N) is 3. The fourth-order valence-corrected chi connectivity index (χ4v) is 3.67. The number of alkyl halides is 3. The molecule has 11 heteroatoms. The standard InChI is InChI=1S/C21H20F3N5O3/c22-21(23,24)14-2-5-17(25-12-14)28-7-9-29(10-8-28)20(32)19(31)26-15-3-4-16-13(11-15)1-6-18(30)27-16/h2-5,11-12H,1,6-10H2,(H,26,31)(H,27,30). The number of piperazine rings is 1. The number of fused-ring (bicyclic) bond motifs is 1. The third-order valence-corrected chi connectivity index (χ3v) is 5.42. The summed E-state index contributed by atoms with van der Waals surface area (Å²) in [6.45, 7) is 1.17. The summed E-state index contributed by atoms with van der Waals surface area (Å²) in [6, 6.07) is 7.29. The van der Waals surface area contributed by atoms with Crippen LogP contribution in [0, 0.1) is 0 Å². The van der Waals surface area contributed by atoms with E-state index in [-0.39, 0.29) is 19.0 Å². The topological polar surface area (TPSA) is 94.6 Å². The van der Waals surface area contributed by atoms with Crippen molar-refractivity contribution in [3.8, 4) is 0 Å². The highest BCUT2D eigenvalue weighted by atomic mass is 19.4. The van der Waals surface area contributed by atoms with Gasteiger partial charge in [0.05, 0.1) is 5.56 Å². The quantitative estimate of drug-likeness (QED) is 0.689. The number of rotatable bonds is 2. The maximum atomic E-state index is 12.7. The molecule has 2 N–H and O–H groups in total. The first-order valence-corrected chi connectivity index (χ1v) is 10.0. The van der Waals surface area contributed by atoms with Crippen LogP contribution in [0.2, 0.25) is 0 Å². The zero-order chi connectivity index (χ0) is 22.9. The second kappa shape index (κ2) is 8.48. The highest BCUT2D eigenvalue weighted by Gasteiger charge is 2.31. The molecule has 3 amide bonds. The van der Waals surface area contributed by atoms with Crippen LogP contribution in [0.25, 0.3) is 0 Å². The number of benzene rings is 1. The number of hydrogen-bond acceptors (Lipinski definition) is 5. The van der Waals surface area contributed by atoms with Gasteiger partial charge in [0.1, 0.15) is 5.82 Å². The van der Waals surface area contributed by atoms with Gasteiger partial charge in [0.25, 0.3) is 0 Å². The predicted molar refractivity (Wildman–Crippen MR) is 110 cm³/mol. The van der Waals surface area contributed by atoms with E-state index in [0.717, 1.165) is 17.8 Å². The molecule has 168 valence electrons. The van der Waals surface area contributed by atoms with Gasteiger partial charge in [0.15, 0.2) is 0 Å². The molecule has 1 fully saturated rings. The zero-order valence-electron chi connectivity index (χ0n) is 16.9. The number of amides is 3. The van der Waals surface area contributed by atoms with E-state index in [1.165, 1.54) is 11.0 Å². The highest BCUT2D eigenvalue weighted by Crippen LogP contribution is 2.29. The Labute approximate surface area is 181 Å². The molecular formula is C21H20F3N5O3. The van der Waals surface area contributed by atoms with Crippen LogP contribution in [0.1, 0.15) is 17.5 Å². The van der Waals surface area contributed by atoms with Gasteiger partial charge in [-0.3, -0.25) is 14.4 Å². The third-order valence-electron chi connectivity index (χ3n) is 5.42. The van der Waals surface area contributed by atoms with Crippen molar-refractivity contribution >= 4 is 34.9 Å². The lowest BCUT2D eigenvalue weighted by Crippen LogP contribution is -2.51. The first-order valence-electron chi connectivity index (χ1n) is 10.0. The summed E-state index contributed by atoms with van der Waals surface area (Å²) in [5.41, 5.74) is 1.22. The summed E-state index contributed by atoms with van der Waals surface area (Å²) < 4.78 is 38.0. The smallest absolute Gasteiger partial charge is 0.353 e. The number of halogens is 3. The van der Waals surface area contributed by atoms with Gasteiger partial charge in [-0.05, 0) is 42.3 Å². The molecule has 0 bridgehead atoms. The largest absolute Gasteiger partial charge is 0.417 e. The molecule has 3 heterocycles. The van der Waals surface area contributed by atoms with Crippen LogP contribution < -0.4 is 15.5 Å². The fourth-order valence-electron chi connectivity index (χ4n) is 3.67. The van der Waals surface area contributed by atoms with E-state index < -0.39 is 23.6 Å². The van der Waals surface area contributed by atoms with E-state index >= 15 is 0 Å². The molecule has 1 aromatic heterocycles. The molecular weight excluding hydrogens is 427 g/mol. The van der Waals surface area contributed by atoms with Crippen LogP contribution in [0.4, 0.5) is 30.4 Å². The fraction of sp³-hybridized carbons (Fsp3) is 0.333. The molecule has 0 radical (unpaired) electrons. The minimum Gasteiger partial charge on any atom is -0.353 e. The number of pyridine rings is 1. The third kappa shape index (κ3) is 4.66. The van der Waals surface area contributed by atoms with Crippen molar-refractivity contribution in [1.29, 1.82) is 0 Å². The summed E-state index contributed by atoms with van der Waals surface area (Å²) in [7, 11) is 0. The van der Waals surface area contributed by atoms with Crippen molar-refractivity contribution < 1.29 is 27.6 Å². The van der Waals surface area contributed by atoms with Crippen LogP contribution in [0.3, 0.4) is 0 Å². The lowest BCUT2D eigenvalue weighted by atomic mass is 10.0. The van der Waals surface area contributed by atoms with Crippen LogP contribution in [0.5, 0.6) is 0 Å². The second-order valence-corrected chi connectivity index (χ2v) is 7.56. The van der Waals surface area contributed by atoms with Gasteiger partial charge >= 0.3 is 18.0 Å². The lowest BCUT2D eigenvalue weighted by Gasteiger charge is -2.35. The van der Waals surface area contributed by atoms with Crippen LogP contribution >= 0.6 is 0 Å². The monoisotopic (exact) mass is 447 g/mol. The van der Waals surface area contributed by atoms with E-state index in [0.29, 0.717) is 43.1 Å². The molecule has 2 aromatic rings. The molecule has 32 heavy (non-hydrogen) atoms. The Morgan fingerprint density at radius 2 is 1.78 bits per heavy atom. The average molecular weight is 447 g/mol. The zero-order valence-corrected chi connectivity index (χ0v) is 16.9. The highest BCUT2D eigenvalue weighted by molar-refractivity contribution is 6.39. The Morgan fingerprint density at radius 1 is 1.03 bits per heavy atom. The SMILES string of the molecule is O=C1CCc2cc(NC(=O)C(=O)N3CCN(c4ccc(C(F)(F)F)cn4)CC3)ccc2N1. The number of aryl methyl sites for hydroxylation is 1. The van der Waals surface area contributed by atoms with E-state index in [2.05, 4.69) is 15.6 Å². The van der Waals surface area contributed by atoms with Gasteiger partial charge in [-0.2, -0.15) is 13.2 Å². The second-order valence-electron chi connectivity index (χ2n) is 7.56. The molecule has 4 rings (SSSR count). The summed E-state index contributed by atoms with van der Waals surface area (Å²) in [5.74, 6) is -1.13. The first-order chi connectivity index (χ1) is 15.2. The molecule has 8 nitrogen and oxygen atoms in total. The van der Waals surface area contributed by atoms with E-state index in [1.807, 2.05) is 0 Å². The van der Waals surface area contributed by atoms with Crippen molar-refractivity contribution in [2.45, 2.75) is 19.0 Å². The molecule has 2 aliphatic rings. The Morgan fingerprint density at radius 3 is 2.44 bits per heavy atom. The van der Waals surface area contributed by atoms with Crippen LogP contribution in [0.15, 0.2) is 36.5 Å². The number of anilines is 3. The van der Waals surface area contributed by atoms with Gasteiger partial charge in [0, 0.05) is 50.2 Å². The molecule has 1 saturated heterocycles. The summed E-state index contributed by atoms with van der Waals surface area (Å²) >= 11 is 0. The molecule has 0 saturated carbocycles. The van der Waals surface area contributed by atoms with Gasteiger partial charge in [-0.25, -0.2) is 4.98 Å².